The normalized spacial score (nSPS) is 14.5. The number of nitrogens with zero attached hydrogens (tertiary/aromatic N) is 5. The SMILES string of the molecule is Cc1ccc(C(=O)N2CCN(c3cccnn3)CC2)cc1[N+](=O)[O-]. The molecule has 8 heteroatoms. The van der Waals surface area contributed by atoms with Crippen molar-refractivity contribution in [3.05, 3.63) is 57.8 Å². The van der Waals surface area contributed by atoms with Gasteiger partial charge in [0.1, 0.15) is 0 Å². The Morgan fingerprint density at radius 3 is 2.58 bits per heavy atom. The maximum Gasteiger partial charge on any atom is 0.273 e. The predicted molar refractivity (Wildman–Crippen MR) is 88.0 cm³/mol. The van der Waals surface area contributed by atoms with E-state index in [2.05, 4.69) is 15.1 Å². The van der Waals surface area contributed by atoms with Crippen LogP contribution < -0.4 is 4.90 Å². The van der Waals surface area contributed by atoms with Gasteiger partial charge in [0.15, 0.2) is 5.82 Å². The third-order valence-electron chi connectivity index (χ3n) is 4.10. The second kappa shape index (κ2) is 6.61. The van der Waals surface area contributed by atoms with E-state index in [1.54, 1.807) is 30.2 Å². The highest BCUT2D eigenvalue weighted by Crippen LogP contribution is 2.21. The lowest BCUT2D eigenvalue weighted by atomic mass is 10.1. The Hall–Kier alpha value is -3.03. The largest absolute Gasteiger partial charge is 0.352 e. The van der Waals surface area contributed by atoms with Crippen LogP contribution in [-0.2, 0) is 0 Å². The smallest absolute Gasteiger partial charge is 0.273 e. The Kier molecular flexibility index (Phi) is 4.37. The zero-order valence-electron chi connectivity index (χ0n) is 13.3. The van der Waals surface area contributed by atoms with Crippen molar-refractivity contribution in [3.63, 3.8) is 0 Å². The van der Waals surface area contributed by atoms with E-state index in [-0.39, 0.29) is 11.6 Å². The molecule has 2 aromatic rings. The molecule has 24 heavy (non-hydrogen) atoms. The summed E-state index contributed by atoms with van der Waals surface area (Å²) in [6.07, 6.45) is 1.62. The molecule has 1 aliphatic heterocycles. The van der Waals surface area contributed by atoms with Gasteiger partial charge in [-0.3, -0.25) is 14.9 Å². The van der Waals surface area contributed by atoms with E-state index in [9.17, 15) is 14.9 Å². The fraction of sp³-hybridized carbons (Fsp3) is 0.312. The maximum atomic E-state index is 12.6. The number of aryl methyl sites for hydroxylation is 1. The van der Waals surface area contributed by atoms with E-state index in [4.69, 9.17) is 0 Å². The minimum atomic E-state index is -0.460. The molecule has 2 heterocycles. The summed E-state index contributed by atoms with van der Waals surface area (Å²) in [6, 6.07) is 8.31. The standard InChI is InChI=1S/C16H17N5O3/c1-12-4-5-13(11-14(12)21(23)24)16(22)20-9-7-19(8-10-20)15-3-2-6-17-18-15/h2-6,11H,7-10H2,1H3. The van der Waals surface area contributed by atoms with Crippen molar-refractivity contribution in [2.75, 3.05) is 31.1 Å². The number of aromatic nitrogens is 2. The highest BCUT2D eigenvalue weighted by atomic mass is 16.6. The van der Waals surface area contributed by atoms with Gasteiger partial charge in [-0.1, -0.05) is 6.07 Å². The van der Waals surface area contributed by atoms with Crippen molar-refractivity contribution >= 4 is 17.4 Å². The molecule has 0 unspecified atom stereocenters. The molecule has 124 valence electrons. The number of carbonyl (C=O) groups excluding carboxylic acids is 1. The first-order valence-corrected chi connectivity index (χ1v) is 7.63. The number of anilines is 1. The van der Waals surface area contributed by atoms with Crippen LogP contribution in [0.5, 0.6) is 0 Å². The molecule has 0 bridgehead atoms. The van der Waals surface area contributed by atoms with Gasteiger partial charge >= 0.3 is 0 Å². The van der Waals surface area contributed by atoms with Crippen LogP contribution in [-0.4, -0.2) is 52.1 Å². The average molecular weight is 327 g/mol. The first-order valence-electron chi connectivity index (χ1n) is 7.63. The monoisotopic (exact) mass is 327 g/mol. The summed E-state index contributed by atoms with van der Waals surface area (Å²) in [4.78, 5) is 26.9. The minimum absolute atomic E-state index is 0.0287. The molecule has 3 rings (SSSR count). The fourth-order valence-electron chi connectivity index (χ4n) is 2.72. The van der Waals surface area contributed by atoms with E-state index in [0.717, 1.165) is 5.82 Å². The number of amides is 1. The van der Waals surface area contributed by atoms with Crippen LogP contribution in [0.4, 0.5) is 11.5 Å². The van der Waals surface area contributed by atoms with Crippen molar-refractivity contribution in [3.8, 4) is 0 Å². The summed E-state index contributed by atoms with van der Waals surface area (Å²) in [7, 11) is 0. The molecule has 1 aromatic heterocycles. The van der Waals surface area contributed by atoms with Crippen LogP contribution in [0.1, 0.15) is 15.9 Å². The number of piperazine rings is 1. The average Bonchev–Trinajstić information content (AvgIpc) is 2.62. The number of rotatable bonds is 3. The van der Waals surface area contributed by atoms with Crippen LogP contribution in [0, 0.1) is 17.0 Å². The number of benzene rings is 1. The van der Waals surface area contributed by atoms with E-state index < -0.39 is 4.92 Å². The molecular weight excluding hydrogens is 310 g/mol. The van der Waals surface area contributed by atoms with Gasteiger partial charge in [-0.05, 0) is 25.1 Å². The molecule has 1 saturated heterocycles. The molecule has 0 atom stereocenters. The highest BCUT2D eigenvalue weighted by molar-refractivity contribution is 5.95. The van der Waals surface area contributed by atoms with Crippen molar-refractivity contribution in [1.82, 2.24) is 15.1 Å². The molecule has 1 amide bonds. The van der Waals surface area contributed by atoms with Gasteiger partial charge in [0.2, 0.25) is 0 Å². The topological polar surface area (TPSA) is 92.5 Å². The summed E-state index contributed by atoms with van der Waals surface area (Å²) in [5, 5.41) is 19.0. The first kappa shape index (κ1) is 15.9. The number of nitro groups is 1. The van der Waals surface area contributed by atoms with Crippen LogP contribution in [0.3, 0.4) is 0 Å². The molecule has 0 N–H and O–H groups in total. The number of carbonyl (C=O) groups is 1. The summed E-state index contributed by atoms with van der Waals surface area (Å²) in [5.74, 6) is 0.604. The lowest BCUT2D eigenvalue weighted by Gasteiger charge is -2.35. The molecule has 0 radical (unpaired) electrons. The Bertz CT molecular complexity index is 758. The van der Waals surface area contributed by atoms with E-state index in [1.807, 2.05) is 12.1 Å². The zero-order valence-corrected chi connectivity index (χ0v) is 13.3. The predicted octanol–water partition coefficient (Wildman–Crippen LogP) is 1.66. The van der Waals surface area contributed by atoms with Crippen LogP contribution in [0.25, 0.3) is 0 Å². The van der Waals surface area contributed by atoms with Crippen molar-refractivity contribution in [1.29, 1.82) is 0 Å². The number of hydrogen-bond acceptors (Lipinski definition) is 6. The quantitative estimate of drug-likeness (QED) is 0.629. The van der Waals surface area contributed by atoms with Gasteiger partial charge < -0.3 is 9.80 Å². The Morgan fingerprint density at radius 2 is 1.96 bits per heavy atom. The van der Waals surface area contributed by atoms with E-state index in [0.29, 0.717) is 37.3 Å². The zero-order chi connectivity index (χ0) is 17.1. The Balaban J connectivity index is 1.69. The van der Waals surface area contributed by atoms with Gasteiger partial charge in [0, 0.05) is 49.6 Å². The van der Waals surface area contributed by atoms with Gasteiger partial charge in [0.05, 0.1) is 4.92 Å². The molecular formula is C16H17N5O3. The molecule has 0 spiro atoms. The van der Waals surface area contributed by atoms with Gasteiger partial charge in [-0.25, -0.2) is 0 Å². The third-order valence-corrected chi connectivity index (χ3v) is 4.10. The van der Waals surface area contributed by atoms with Gasteiger partial charge in [-0.2, -0.15) is 5.10 Å². The highest BCUT2D eigenvalue weighted by Gasteiger charge is 2.24. The minimum Gasteiger partial charge on any atom is -0.352 e. The van der Waals surface area contributed by atoms with Gasteiger partial charge in [0.25, 0.3) is 11.6 Å². The summed E-state index contributed by atoms with van der Waals surface area (Å²) >= 11 is 0. The maximum absolute atomic E-state index is 12.6. The second-order valence-corrected chi connectivity index (χ2v) is 5.62. The fourth-order valence-corrected chi connectivity index (χ4v) is 2.72. The molecule has 8 nitrogen and oxygen atoms in total. The van der Waals surface area contributed by atoms with Crippen molar-refractivity contribution in [2.45, 2.75) is 6.92 Å². The van der Waals surface area contributed by atoms with E-state index >= 15 is 0 Å². The van der Waals surface area contributed by atoms with Crippen LogP contribution in [0.2, 0.25) is 0 Å². The van der Waals surface area contributed by atoms with Gasteiger partial charge in [-0.15, -0.1) is 5.10 Å². The molecule has 0 aliphatic carbocycles. The summed E-state index contributed by atoms with van der Waals surface area (Å²) in [6.45, 7) is 4.04. The second-order valence-electron chi connectivity index (χ2n) is 5.62. The van der Waals surface area contributed by atoms with E-state index in [1.165, 1.54) is 6.07 Å². The molecule has 1 fully saturated rings. The lowest BCUT2D eigenvalue weighted by Crippen LogP contribution is -2.49. The summed E-state index contributed by atoms with van der Waals surface area (Å²) in [5.41, 5.74) is 0.864. The Labute approximate surface area is 138 Å². The molecule has 0 saturated carbocycles. The van der Waals surface area contributed by atoms with Crippen molar-refractivity contribution < 1.29 is 9.72 Å². The number of nitro benzene ring substituents is 1. The first-order chi connectivity index (χ1) is 11.6. The van der Waals surface area contributed by atoms with Crippen molar-refractivity contribution in [2.24, 2.45) is 0 Å². The summed E-state index contributed by atoms with van der Waals surface area (Å²) < 4.78 is 0. The van der Waals surface area contributed by atoms with Crippen LogP contribution >= 0.6 is 0 Å². The number of hydrogen-bond donors (Lipinski definition) is 0. The molecule has 1 aliphatic rings. The lowest BCUT2D eigenvalue weighted by molar-refractivity contribution is -0.385. The Morgan fingerprint density at radius 1 is 1.21 bits per heavy atom. The van der Waals surface area contributed by atoms with Crippen LogP contribution in [0.15, 0.2) is 36.5 Å². The third kappa shape index (κ3) is 3.17. The molecule has 1 aromatic carbocycles.